The predicted molar refractivity (Wildman–Crippen MR) is 70.5 cm³/mol. The molecule has 3 aromatic rings. The molecule has 3 rings (SSSR count). The summed E-state index contributed by atoms with van der Waals surface area (Å²) in [6.07, 6.45) is 3.36. The summed E-state index contributed by atoms with van der Waals surface area (Å²) in [7, 11) is 0. The highest BCUT2D eigenvalue weighted by Gasteiger charge is 2.13. The third-order valence-electron chi connectivity index (χ3n) is 2.63. The van der Waals surface area contributed by atoms with Gasteiger partial charge in [0.15, 0.2) is 11.5 Å². The van der Waals surface area contributed by atoms with Gasteiger partial charge in [0, 0.05) is 18.0 Å². The van der Waals surface area contributed by atoms with E-state index in [1.807, 2.05) is 0 Å². The van der Waals surface area contributed by atoms with E-state index in [0.717, 1.165) is 10.2 Å². The predicted octanol–water partition coefficient (Wildman–Crippen LogP) is 2.88. The summed E-state index contributed by atoms with van der Waals surface area (Å²) < 4.78 is 15.5. The monoisotopic (exact) mass is 306 g/mol. The Labute approximate surface area is 110 Å². The number of nitrogens with two attached hydrogens (primary N) is 1. The number of fused-ring (bicyclic) bond motifs is 1. The van der Waals surface area contributed by atoms with Crippen LogP contribution in [0.1, 0.15) is 0 Å². The van der Waals surface area contributed by atoms with E-state index in [0.29, 0.717) is 17.2 Å². The molecule has 6 heteroatoms. The molecule has 4 nitrogen and oxygen atoms in total. The Kier molecular flexibility index (Phi) is 2.52. The molecule has 0 spiro atoms. The molecule has 0 aliphatic heterocycles. The Morgan fingerprint density at radius 3 is 2.61 bits per heavy atom. The quantitative estimate of drug-likeness (QED) is 0.752. The summed E-state index contributed by atoms with van der Waals surface area (Å²) in [5, 5.41) is 0. The van der Waals surface area contributed by atoms with E-state index in [2.05, 4.69) is 25.9 Å². The van der Waals surface area contributed by atoms with Crippen molar-refractivity contribution in [2.24, 2.45) is 0 Å². The lowest BCUT2D eigenvalue weighted by Gasteiger charge is -1.98. The summed E-state index contributed by atoms with van der Waals surface area (Å²) in [6, 6.07) is 6.14. The second-order valence-electron chi connectivity index (χ2n) is 3.76. The van der Waals surface area contributed by atoms with Gasteiger partial charge < -0.3 is 5.73 Å². The summed E-state index contributed by atoms with van der Waals surface area (Å²) >= 11 is 3.46. The molecule has 0 aliphatic rings. The maximum atomic E-state index is 12.9. The Morgan fingerprint density at radius 2 is 1.94 bits per heavy atom. The van der Waals surface area contributed by atoms with Gasteiger partial charge >= 0.3 is 0 Å². The van der Waals surface area contributed by atoms with Gasteiger partial charge in [-0.05, 0) is 40.2 Å². The zero-order valence-corrected chi connectivity index (χ0v) is 10.7. The average molecular weight is 307 g/mol. The smallest absolute Gasteiger partial charge is 0.181 e. The van der Waals surface area contributed by atoms with Crippen molar-refractivity contribution >= 4 is 27.4 Å². The molecule has 0 radical (unpaired) electrons. The largest absolute Gasteiger partial charge is 0.381 e. The van der Waals surface area contributed by atoms with Crippen LogP contribution in [0, 0.1) is 5.82 Å². The normalized spacial score (nSPS) is 11.0. The summed E-state index contributed by atoms with van der Waals surface area (Å²) in [5.74, 6) is 0.0754. The molecule has 2 heterocycles. The minimum absolute atomic E-state index is 0.278. The van der Waals surface area contributed by atoms with Crippen molar-refractivity contribution in [3.63, 3.8) is 0 Å². The molecule has 2 N–H and O–H groups in total. The molecular formula is C12H8BrFN4. The van der Waals surface area contributed by atoms with Crippen molar-refractivity contribution < 1.29 is 4.39 Å². The molecule has 0 fully saturated rings. The summed E-state index contributed by atoms with van der Waals surface area (Å²) in [4.78, 5) is 8.40. The van der Waals surface area contributed by atoms with Gasteiger partial charge in [-0.1, -0.05) is 0 Å². The number of anilines is 1. The van der Waals surface area contributed by atoms with E-state index in [1.165, 1.54) is 12.1 Å². The van der Waals surface area contributed by atoms with E-state index in [4.69, 9.17) is 5.73 Å². The Hall–Kier alpha value is -1.95. The molecule has 0 saturated carbocycles. The summed E-state index contributed by atoms with van der Waals surface area (Å²) in [5.41, 5.74) is 7.85. The first-order chi connectivity index (χ1) is 8.66. The molecule has 0 aliphatic carbocycles. The van der Waals surface area contributed by atoms with Crippen molar-refractivity contribution in [1.29, 1.82) is 0 Å². The fraction of sp³-hybridized carbons (Fsp3) is 0. The van der Waals surface area contributed by atoms with Crippen LogP contribution < -0.4 is 5.73 Å². The molecular weight excluding hydrogens is 299 g/mol. The number of halogens is 2. The average Bonchev–Trinajstić information content (AvgIpc) is 2.70. The molecule has 90 valence electrons. The van der Waals surface area contributed by atoms with Gasteiger partial charge in [-0.15, -0.1) is 0 Å². The lowest BCUT2D eigenvalue weighted by Crippen LogP contribution is -1.95. The Balaban J connectivity index is 2.27. The van der Waals surface area contributed by atoms with Crippen molar-refractivity contribution in [3.05, 3.63) is 47.1 Å². The third-order valence-corrected chi connectivity index (χ3v) is 3.39. The third kappa shape index (κ3) is 1.65. The van der Waals surface area contributed by atoms with E-state index < -0.39 is 0 Å². The number of nitrogen functional groups attached to an aromatic ring is 1. The van der Waals surface area contributed by atoms with Gasteiger partial charge in [0.1, 0.15) is 16.1 Å². The van der Waals surface area contributed by atoms with E-state index in [9.17, 15) is 4.39 Å². The molecule has 2 aromatic heterocycles. The van der Waals surface area contributed by atoms with Gasteiger partial charge in [-0.3, -0.25) is 4.40 Å². The minimum Gasteiger partial charge on any atom is -0.381 e. The van der Waals surface area contributed by atoms with Crippen molar-refractivity contribution in [1.82, 2.24) is 14.4 Å². The van der Waals surface area contributed by atoms with Crippen LogP contribution in [0.2, 0.25) is 0 Å². The fourth-order valence-electron chi connectivity index (χ4n) is 1.76. The maximum Gasteiger partial charge on any atom is 0.181 e. The van der Waals surface area contributed by atoms with Crippen LogP contribution in [-0.2, 0) is 0 Å². The second-order valence-corrected chi connectivity index (χ2v) is 4.52. The summed E-state index contributed by atoms with van der Waals surface area (Å²) in [6.45, 7) is 0. The van der Waals surface area contributed by atoms with E-state index >= 15 is 0 Å². The van der Waals surface area contributed by atoms with E-state index in [1.54, 1.807) is 28.9 Å². The van der Waals surface area contributed by atoms with Gasteiger partial charge in [0.25, 0.3) is 0 Å². The van der Waals surface area contributed by atoms with Crippen LogP contribution in [-0.4, -0.2) is 14.4 Å². The topological polar surface area (TPSA) is 56.2 Å². The van der Waals surface area contributed by atoms with Crippen molar-refractivity contribution in [2.45, 2.75) is 0 Å². The number of benzene rings is 1. The molecule has 0 atom stereocenters. The Bertz CT molecular complexity index is 721. The van der Waals surface area contributed by atoms with Crippen LogP contribution in [0.3, 0.4) is 0 Å². The van der Waals surface area contributed by atoms with Crippen molar-refractivity contribution in [3.8, 4) is 11.3 Å². The lowest BCUT2D eigenvalue weighted by molar-refractivity contribution is 0.628. The van der Waals surface area contributed by atoms with Crippen LogP contribution in [0.25, 0.3) is 16.9 Å². The van der Waals surface area contributed by atoms with Crippen LogP contribution in [0.4, 0.5) is 10.2 Å². The highest BCUT2D eigenvalue weighted by atomic mass is 79.9. The highest BCUT2D eigenvalue weighted by Crippen LogP contribution is 2.29. The zero-order chi connectivity index (χ0) is 12.7. The molecule has 0 saturated heterocycles. The van der Waals surface area contributed by atoms with Crippen LogP contribution in [0.15, 0.2) is 41.3 Å². The standard InChI is InChI=1S/C12H8BrFN4/c13-10-9(7-1-3-8(14)4-2-7)17-12-11(15)16-5-6-18(10)12/h1-6H,(H2,15,16). The SMILES string of the molecule is Nc1nccn2c(Br)c(-c3ccc(F)cc3)nc12. The number of nitrogens with zero attached hydrogens (tertiary/aromatic N) is 3. The van der Waals surface area contributed by atoms with Gasteiger partial charge in [-0.25, -0.2) is 14.4 Å². The minimum atomic E-state index is -0.278. The van der Waals surface area contributed by atoms with Crippen molar-refractivity contribution in [2.75, 3.05) is 5.73 Å². The van der Waals surface area contributed by atoms with Gasteiger partial charge in [0.05, 0.1) is 0 Å². The van der Waals surface area contributed by atoms with E-state index in [-0.39, 0.29) is 5.82 Å². The number of hydrogen-bond donors (Lipinski definition) is 1. The number of aromatic nitrogens is 3. The second kappa shape index (κ2) is 4.06. The molecule has 1 aromatic carbocycles. The fourth-order valence-corrected chi connectivity index (χ4v) is 2.36. The van der Waals surface area contributed by atoms with Gasteiger partial charge in [-0.2, -0.15) is 0 Å². The first-order valence-electron chi connectivity index (χ1n) is 5.21. The van der Waals surface area contributed by atoms with Crippen LogP contribution in [0.5, 0.6) is 0 Å². The zero-order valence-electron chi connectivity index (χ0n) is 9.14. The Morgan fingerprint density at radius 1 is 1.22 bits per heavy atom. The number of imidazole rings is 1. The lowest BCUT2D eigenvalue weighted by atomic mass is 10.2. The first-order valence-corrected chi connectivity index (χ1v) is 6.00. The maximum absolute atomic E-state index is 12.9. The molecule has 0 bridgehead atoms. The van der Waals surface area contributed by atoms with Crippen LogP contribution >= 0.6 is 15.9 Å². The number of hydrogen-bond acceptors (Lipinski definition) is 3. The molecule has 0 unspecified atom stereocenters. The highest BCUT2D eigenvalue weighted by molar-refractivity contribution is 9.10. The molecule has 0 amide bonds. The first kappa shape index (κ1) is 11.2. The van der Waals surface area contributed by atoms with Gasteiger partial charge in [0.2, 0.25) is 0 Å². The number of rotatable bonds is 1. The molecule has 18 heavy (non-hydrogen) atoms.